The van der Waals surface area contributed by atoms with Crippen LogP contribution >= 0.6 is 0 Å². The molecule has 2 aliphatic rings. The van der Waals surface area contributed by atoms with Gasteiger partial charge in [-0.2, -0.15) is 0 Å². The molecule has 4 nitrogen and oxygen atoms in total. The highest BCUT2D eigenvalue weighted by Crippen LogP contribution is 2.36. The molecule has 2 fully saturated rings. The summed E-state index contributed by atoms with van der Waals surface area (Å²) in [7, 11) is 4.32. The van der Waals surface area contributed by atoms with Crippen molar-refractivity contribution in [3.63, 3.8) is 0 Å². The van der Waals surface area contributed by atoms with Crippen LogP contribution in [0, 0.1) is 0 Å². The lowest BCUT2D eigenvalue weighted by Crippen LogP contribution is -2.61. The second kappa shape index (κ2) is 7.21. The van der Waals surface area contributed by atoms with Crippen molar-refractivity contribution in [1.29, 1.82) is 0 Å². The first kappa shape index (κ1) is 16.2. The fraction of sp³-hybridized carbons (Fsp3) is 1.00. The molecule has 2 heterocycles. The maximum atomic E-state index is 6.26. The molecule has 0 spiro atoms. The Balaban J connectivity index is 1.96. The molecule has 0 aromatic carbocycles. The summed E-state index contributed by atoms with van der Waals surface area (Å²) in [5, 5.41) is 0. The first-order chi connectivity index (χ1) is 9.61. The highest BCUT2D eigenvalue weighted by atomic mass is 15.3. The van der Waals surface area contributed by atoms with Gasteiger partial charge in [-0.1, -0.05) is 6.92 Å². The van der Waals surface area contributed by atoms with Crippen LogP contribution in [0.5, 0.6) is 0 Å². The molecule has 118 valence electrons. The van der Waals surface area contributed by atoms with Gasteiger partial charge in [0.15, 0.2) is 0 Å². The summed E-state index contributed by atoms with van der Waals surface area (Å²) in [6.45, 7) is 9.20. The van der Waals surface area contributed by atoms with Gasteiger partial charge in [-0.3, -0.25) is 4.90 Å². The Morgan fingerprint density at radius 2 is 2.05 bits per heavy atom. The van der Waals surface area contributed by atoms with E-state index in [1.54, 1.807) is 0 Å². The first-order valence-corrected chi connectivity index (χ1v) is 8.45. The summed E-state index contributed by atoms with van der Waals surface area (Å²) < 4.78 is 0. The predicted molar refractivity (Wildman–Crippen MR) is 86.0 cm³/mol. The number of fused-ring (bicyclic) bond motifs is 1. The molecule has 2 rings (SSSR count). The molecule has 2 atom stereocenters. The summed E-state index contributed by atoms with van der Waals surface area (Å²) in [4.78, 5) is 7.66. The third-order valence-electron chi connectivity index (χ3n) is 5.44. The van der Waals surface area contributed by atoms with E-state index in [9.17, 15) is 0 Å². The average molecular weight is 282 g/mol. The number of piperidine rings is 1. The zero-order chi connectivity index (χ0) is 14.6. The minimum absolute atomic E-state index is 0.270. The van der Waals surface area contributed by atoms with Gasteiger partial charge in [-0.05, 0) is 72.4 Å². The van der Waals surface area contributed by atoms with Crippen LogP contribution in [0.1, 0.15) is 39.0 Å². The second-order valence-corrected chi connectivity index (χ2v) is 6.95. The lowest BCUT2D eigenvalue weighted by molar-refractivity contribution is 0.0118. The van der Waals surface area contributed by atoms with Gasteiger partial charge in [0.1, 0.15) is 0 Å². The Bertz CT molecular complexity index is 294. The Hall–Kier alpha value is -0.160. The van der Waals surface area contributed by atoms with Crippen LogP contribution in [0.25, 0.3) is 0 Å². The lowest BCUT2D eigenvalue weighted by Gasteiger charge is -2.50. The van der Waals surface area contributed by atoms with E-state index in [4.69, 9.17) is 5.73 Å². The van der Waals surface area contributed by atoms with E-state index in [-0.39, 0.29) is 5.54 Å². The molecule has 2 unspecified atom stereocenters. The van der Waals surface area contributed by atoms with Crippen molar-refractivity contribution >= 4 is 0 Å². The van der Waals surface area contributed by atoms with Crippen LogP contribution in [0.4, 0.5) is 0 Å². The zero-order valence-electron chi connectivity index (χ0n) is 13.8. The van der Waals surface area contributed by atoms with Crippen LogP contribution in [-0.4, -0.2) is 79.6 Å². The predicted octanol–water partition coefficient (Wildman–Crippen LogP) is 1.22. The molecule has 0 amide bonds. The maximum Gasteiger partial charge on any atom is 0.0358 e. The van der Waals surface area contributed by atoms with Crippen molar-refractivity contribution in [2.24, 2.45) is 5.73 Å². The number of rotatable bonds is 7. The summed E-state index contributed by atoms with van der Waals surface area (Å²) >= 11 is 0. The van der Waals surface area contributed by atoms with E-state index in [0.717, 1.165) is 19.1 Å². The SMILES string of the molecule is CCN(CCCN(C)C)C1(CN)CCN2CCCC2C1. The summed E-state index contributed by atoms with van der Waals surface area (Å²) in [5.74, 6) is 0. The molecule has 0 aromatic heterocycles. The van der Waals surface area contributed by atoms with Crippen molar-refractivity contribution in [3.8, 4) is 0 Å². The van der Waals surface area contributed by atoms with Gasteiger partial charge in [-0.25, -0.2) is 0 Å². The van der Waals surface area contributed by atoms with E-state index < -0.39 is 0 Å². The van der Waals surface area contributed by atoms with E-state index >= 15 is 0 Å². The van der Waals surface area contributed by atoms with Crippen LogP contribution in [0.3, 0.4) is 0 Å². The highest BCUT2D eigenvalue weighted by Gasteiger charge is 2.43. The quantitative estimate of drug-likeness (QED) is 0.761. The number of nitrogens with two attached hydrogens (primary N) is 1. The monoisotopic (exact) mass is 282 g/mol. The first-order valence-electron chi connectivity index (χ1n) is 8.45. The van der Waals surface area contributed by atoms with Crippen LogP contribution in [0.15, 0.2) is 0 Å². The molecule has 0 aliphatic carbocycles. The highest BCUT2D eigenvalue weighted by molar-refractivity contribution is 5.01. The molecule has 20 heavy (non-hydrogen) atoms. The fourth-order valence-corrected chi connectivity index (χ4v) is 4.22. The third kappa shape index (κ3) is 3.53. The topological polar surface area (TPSA) is 35.7 Å². The van der Waals surface area contributed by atoms with Gasteiger partial charge >= 0.3 is 0 Å². The Kier molecular flexibility index (Phi) is 5.84. The van der Waals surface area contributed by atoms with Gasteiger partial charge in [0.2, 0.25) is 0 Å². The minimum Gasteiger partial charge on any atom is -0.329 e. The number of hydrogen-bond acceptors (Lipinski definition) is 4. The van der Waals surface area contributed by atoms with Crippen molar-refractivity contribution in [2.75, 3.05) is 53.4 Å². The zero-order valence-corrected chi connectivity index (χ0v) is 13.8. The van der Waals surface area contributed by atoms with E-state index in [0.29, 0.717) is 0 Å². The van der Waals surface area contributed by atoms with Crippen LogP contribution in [0.2, 0.25) is 0 Å². The molecule has 2 aliphatic heterocycles. The Morgan fingerprint density at radius 3 is 2.70 bits per heavy atom. The molecular weight excluding hydrogens is 248 g/mol. The standard InChI is InChI=1S/C16H34N4/c1-4-20(11-6-9-18(2)3)16(14-17)8-12-19-10-5-7-15(19)13-16/h15H,4-14,17H2,1-3H3. The lowest BCUT2D eigenvalue weighted by atomic mass is 9.81. The molecule has 0 saturated carbocycles. The molecule has 0 radical (unpaired) electrons. The van der Waals surface area contributed by atoms with Crippen molar-refractivity contribution in [2.45, 2.75) is 50.6 Å². The molecule has 0 aromatic rings. The average Bonchev–Trinajstić information content (AvgIpc) is 2.90. The van der Waals surface area contributed by atoms with Crippen molar-refractivity contribution < 1.29 is 0 Å². The van der Waals surface area contributed by atoms with Gasteiger partial charge in [0.05, 0.1) is 0 Å². The number of nitrogens with zero attached hydrogens (tertiary/aromatic N) is 3. The van der Waals surface area contributed by atoms with E-state index in [1.165, 1.54) is 58.3 Å². The van der Waals surface area contributed by atoms with Crippen molar-refractivity contribution in [1.82, 2.24) is 14.7 Å². The molecule has 4 heteroatoms. The normalized spacial score (nSPS) is 31.2. The molecule has 0 bridgehead atoms. The smallest absolute Gasteiger partial charge is 0.0358 e. The summed E-state index contributed by atoms with van der Waals surface area (Å²) in [5.41, 5.74) is 6.53. The Labute approximate surface area is 125 Å². The van der Waals surface area contributed by atoms with Gasteiger partial charge < -0.3 is 15.5 Å². The van der Waals surface area contributed by atoms with Gasteiger partial charge in [-0.15, -0.1) is 0 Å². The van der Waals surface area contributed by atoms with Gasteiger partial charge in [0.25, 0.3) is 0 Å². The molecular formula is C16H34N4. The number of hydrogen-bond donors (Lipinski definition) is 1. The fourth-order valence-electron chi connectivity index (χ4n) is 4.22. The largest absolute Gasteiger partial charge is 0.329 e. The maximum absolute atomic E-state index is 6.26. The van der Waals surface area contributed by atoms with E-state index in [1.807, 2.05) is 0 Å². The second-order valence-electron chi connectivity index (χ2n) is 6.95. The third-order valence-corrected chi connectivity index (χ3v) is 5.44. The van der Waals surface area contributed by atoms with Crippen molar-refractivity contribution in [3.05, 3.63) is 0 Å². The van der Waals surface area contributed by atoms with Gasteiger partial charge in [0, 0.05) is 24.7 Å². The van der Waals surface area contributed by atoms with Crippen LogP contribution < -0.4 is 5.73 Å². The molecule has 2 saturated heterocycles. The minimum atomic E-state index is 0.270. The van der Waals surface area contributed by atoms with Crippen LogP contribution in [-0.2, 0) is 0 Å². The van der Waals surface area contributed by atoms with E-state index in [2.05, 4.69) is 35.7 Å². The number of likely N-dealkylation sites (N-methyl/N-ethyl adjacent to an activating group) is 1. The molecule has 2 N–H and O–H groups in total. The summed E-state index contributed by atoms with van der Waals surface area (Å²) in [6, 6.07) is 0.801. The Morgan fingerprint density at radius 1 is 1.25 bits per heavy atom. The summed E-state index contributed by atoms with van der Waals surface area (Å²) in [6.07, 6.45) is 6.57.